The zero-order valence-corrected chi connectivity index (χ0v) is 10.4. The van der Waals surface area contributed by atoms with Crippen molar-refractivity contribution in [2.45, 2.75) is 19.3 Å². The van der Waals surface area contributed by atoms with E-state index in [2.05, 4.69) is 31.2 Å². The highest BCUT2D eigenvalue weighted by Crippen LogP contribution is 2.27. The molecule has 4 nitrogen and oxygen atoms in total. The van der Waals surface area contributed by atoms with Gasteiger partial charge in [0.05, 0.1) is 0 Å². The largest absolute Gasteiger partial charge is 0.367 e. The minimum absolute atomic E-state index is 0.816. The summed E-state index contributed by atoms with van der Waals surface area (Å²) in [5.74, 6) is 1.68. The molecule has 1 fully saturated rings. The number of nitrogens with zero attached hydrogens (tertiary/aromatic N) is 3. The number of aromatic nitrogens is 3. The smallest absolute Gasteiger partial charge is 0.180 e. The first-order valence-corrected chi connectivity index (χ1v) is 6.35. The monoisotopic (exact) mass is 280 g/mol. The molecule has 0 spiro atoms. The molecule has 0 unspecified atom stereocenters. The number of halogens is 1. The minimum atomic E-state index is 0.816. The standard InChI is InChI=1S/C11H13BrN4/c12-9-7-16-5-4-13-11(16)10(15-9)14-6-8-2-1-3-8/h4-5,7-8H,1-3,6H2,(H,14,15). The van der Waals surface area contributed by atoms with Crippen molar-refractivity contribution < 1.29 is 0 Å². The summed E-state index contributed by atoms with van der Waals surface area (Å²) in [7, 11) is 0. The molecule has 1 aliphatic rings. The van der Waals surface area contributed by atoms with Crippen LogP contribution in [0.2, 0.25) is 0 Å². The predicted molar refractivity (Wildman–Crippen MR) is 66.5 cm³/mol. The normalized spacial score (nSPS) is 16.3. The van der Waals surface area contributed by atoms with Crippen molar-refractivity contribution in [2.75, 3.05) is 11.9 Å². The van der Waals surface area contributed by atoms with Crippen molar-refractivity contribution >= 4 is 27.4 Å². The molecule has 84 valence electrons. The summed E-state index contributed by atoms with van der Waals surface area (Å²) in [4.78, 5) is 8.72. The molecule has 2 aromatic rings. The van der Waals surface area contributed by atoms with Gasteiger partial charge in [0.1, 0.15) is 4.60 Å². The Kier molecular flexibility index (Phi) is 2.55. The van der Waals surface area contributed by atoms with Gasteiger partial charge in [0.2, 0.25) is 0 Å². The van der Waals surface area contributed by atoms with Crippen molar-refractivity contribution in [3.05, 3.63) is 23.2 Å². The fourth-order valence-corrected chi connectivity index (χ4v) is 2.36. The van der Waals surface area contributed by atoms with E-state index in [0.29, 0.717) is 0 Å². The zero-order valence-electron chi connectivity index (χ0n) is 8.86. The lowest BCUT2D eigenvalue weighted by Crippen LogP contribution is -2.21. The topological polar surface area (TPSA) is 42.2 Å². The SMILES string of the molecule is Brc1cn2ccnc2c(NCC2CCC2)n1. The molecule has 0 bridgehead atoms. The van der Waals surface area contributed by atoms with Gasteiger partial charge in [-0.05, 0) is 34.7 Å². The molecule has 1 N–H and O–H groups in total. The van der Waals surface area contributed by atoms with Crippen LogP contribution in [-0.4, -0.2) is 20.9 Å². The average Bonchev–Trinajstić information content (AvgIpc) is 2.62. The zero-order chi connectivity index (χ0) is 11.0. The Morgan fingerprint density at radius 1 is 1.50 bits per heavy atom. The molecular weight excluding hydrogens is 268 g/mol. The van der Waals surface area contributed by atoms with Crippen LogP contribution in [0.15, 0.2) is 23.2 Å². The van der Waals surface area contributed by atoms with Crippen molar-refractivity contribution in [1.29, 1.82) is 0 Å². The highest BCUT2D eigenvalue weighted by molar-refractivity contribution is 9.10. The van der Waals surface area contributed by atoms with Gasteiger partial charge in [0, 0.05) is 25.1 Å². The fourth-order valence-electron chi connectivity index (χ4n) is 1.96. The van der Waals surface area contributed by atoms with E-state index in [1.165, 1.54) is 19.3 Å². The van der Waals surface area contributed by atoms with Crippen molar-refractivity contribution in [3.8, 4) is 0 Å². The highest BCUT2D eigenvalue weighted by Gasteiger charge is 2.17. The van der Waals surface area contributed by atoms with Crippen LogP contribution in [-0.2, 0) is 0 Å². The third-order valence-corrected chi connectivity index (χ3v) is 3.51. The van der Waals surface area contributed by atoms with Crippen LogP contribution in [0, 0.1) is 5.92 Å². The molecule has 1 aliphatic carbocycles. The summed E-state index contributed by atoms with van der Waals surface area (Å²) in [6.07, 6.45) is 9.68. The number of rotatable bonds is 3. The Hall–Kier alpha value is -1.10. The van der Waals surface area contributed by atoms with Crippen LogP contribution in [0.4, 0.5) is 5.82 Å². The Morgan fingerprint density at radius 2 is 2.38 bits per heavy atom. The Labute approximate surface area is 102 Å². The first kappa shape index (κ1) is 10.1. The number of fused-ring (bicyclic) bond motifs is 1. The minimum Gasteiger partial charge on any atom is -0.367 e. The second-order valence-electron chi connectivity index (χ2n) is 4.25. The van der Waals surface area contributed by atoms with E-state index in [0.717, 1.165) is 28.5 Å². The lowest BCUT2D eigenvalue weighted by Gasteiger charge is -2.25. The number of imidazole rings is 1. The van der Waals surface area contributed by atoms with Gasteiger partial charge >= 0.3 is 0 Å². The molecule has 3 rings (SSSR count). The molecule has 16 heavy (non-hydrogen) atoms. The van der Waals surface area contributed by atoms with Gasteiger partial charge in [-0.1, -0.05) is 6.42 Å². The summed E-state index contributed by atoms with van der Waals surface area (Å²) in [6.45, 7) is 1.01. The van der Waals surface area contributed by atoms with Crippen LogP contribution in [0.1, 0.15) is 19.3 Å². The maximum Gasteiger partial charge on any atom is 0.180 e. The number of hydrogen-bond acceptors (Lipinski definition) is 3. The third-order valence-electron chi connectivity index (χ3n) is 3.13. The van der Waals surface area contributed by atoms with Crippen LogP contribution in [0.3, 0.4) is 0 Å². The molecule has 0 aromatic carbocycles. The van der Waals surface area contributed by atoms with Crippen LogP contribution >= 0.6 is 15.9 Å². The van der Waals surface area contributed by atoms with Crippen molar-refractivity contribution in [2.24, 2.45) is 5.92 Å². The van der Waals surface area contributed by atoms with E-state index >= 15 is 0 Å². The van der Waals surface area contributed by atoms with E-state index in [1.54, 1.807) is 6.20 Å². The maximum absolute atomic E-state index is 4.43. The van der Waals surface area contributed by atoms with Crippen molar-refractivity contribution in [1.82, 2.24) is 14.4 Å². The molecule has 2 heterocycles. The second kappa shape index (κ2) is 4.05. The number of hydrogen-bond donors (Lipinski definition) is 1. The molecule has 0 atom stereocenters. The third kappa shape index (κ3) is 1.80. The van der Waals surface area contributed by atoms with Crippen LogP contribution < -0.4 is 5.32 Å². The Morgan fingerprint density at radius 3 is 3.12 bits per heavy atom. The average molecular weight is 281 g/mol. The summed E-state index contributed by atoms with van der Waals surface area (Å²) < 4.78 is 2.80. The molecule has 0 aliphatic heterocycles. The first-order valence-electron chi connectivity index (χ1n) is 5.56. The van der Waals surface area contributed by atoms with E-state index in [9.17, 15) is 0 Å². The summed E-state index contributed by atoms with van der Waals surface area (Å²) in [6, 6.07) is 0. The van der Waals surface area contributed by atoms with E-state index < -0.39 is 0 Å². The molecule has 2 aromatic heterocycles. The number of anilines is 1. The first-order chi connectivity index (χ1) is 7.83. The summed E-state index contributed by atoms with van der Waals surface area (Å²) in [5, 5.41) is 3.39. The lowest BCUT2D eigenvalue weighted by atomic mass is 9.85. The van der Waals surface area contributed by atoms with Gasteiger partial charge in [-0.25, -0.2) is 9.97 Å². The van der Waals surface area contributed by atoms with E-state index in [1.807, 2.05) is 16.8 Å². The maximum atomic E-state index is 4.43. The highest BCUT2D eigenvalue weighted by atomic mass is 79.9. The van der Waals surface area contributed by atoms with Gasteiger partial charge in [-0.3, -0.25) is 0 Å². The molecule has 0 amide bonds. The van der Waals surface area contributed by atoms with Gasteiger partial charge in [-0.15, -0.1) is 0 Å². The van der Waals surface area contributed by atoms with Crippen LogP contribution in [0.5, 0.6) is 0 Å². The number of nitrogens with one attached hydrogen (secondary N) is 1. The summed E-state index contributed by atoms with van der Waals surface area (Å²) >= 11 is 3.41. The van der Waals surface area contributed by atoms with E-state index in [-0.39, 0.29) is 0 Å². The molecule has 5 heteroatoms. The molecular formula is C11H13BrN4. The second-order valence-corrected chi connectivity index (χ2v) is 5.06. The van der Waals surface area contributed by atoms with Gasteiger partial charge in [0.25, 0.3) is 0 Å². The van der Waals surface area contributed by atoms with Crippen LogP contribution in [0.25, 0.3) is 5.65 Å². The van der Waals surface area contributed by atoms with Gasteiger partial charge < -0.3 is 9.72 Å². The summed E-state index contributed by atoms with van der Waals surface area (Å²) in [5.41, 5.74) is 0.891. The van der Waals surface area contributed by atoms with Crippen molar-refractivity contribution in [3.63, 3.8) is 0 Å². The Bertz CT molecular complexity index is 504. The van der Waals surface area contributed by atoms with Gasteiger partial charge in [-0.2, -0.15) is 0 Å². The predicted octanol–water partition coefficient (Wildman–Crippen LogP) is 2.70. The fraction of sp³-hybridized carbons (Fsp3) is 0.455. The lowest BCUT2D eigenvalue weighted by molar-refractivity contribution is 0.333. The van der Waals surface area contributed by atoms with E-state index in [4.69, 9.17) is 0 Å². The molecule has 1 saturated carbocycles. The molecule has 0 saturated heterocycles. The Balaban J connectivity index is 1.85. The van der Waals surface area contributed by atoms with Gasteiger partial charge in [0.15, 0.2) is 11.5 Å². The quantitative estimate of drug-likeness (QED) is 0.940. The molecule has 0 radical (unpaired) electrons.